The highest BCUT2D eigenvalue weighted by atomic mass is 31.2. The Morgan fingerprint density at radius 3 is 1.38 bits per heavy atom. The molecule has 1 heterocycles. The van der Waals surface area contributed by atoms with Gasteiger partial charge in [0.15, 0.2) is 18.5 Å². The highest BCUT2D eigenvalue weighted by Gasteiger charge is 2.56. The van der Waals surface area contributed by atoms with E-state index in [4.69, 9.17) is 37.7 Å². The molecule has 0 saturated carbocycles. The van der Waals surface area contributed by atoms with Crippen LogP contribution >= 0.6 is 7.37 Å². The van der Waals surface area contributed by atoms with Crippen LogP contribution in [0.4, 0.5) is 18.4 Å². The van der Waals surface area contributed by atoms with Crippen LogP contribution in [0.2, 0.25) is 0 Å². The maximum atomic E-state index is 17.3. The summed E-state index contributed by atoms with van der Waals surface area (Å²) in [5.41, 5.74) is 1.18. The predicted molar refractivity (Wildman–Crippen MR) is 366 cm³/mol. The summed E-state index contributed by atoms with van der Waals surface area (Å²) in [6.45, 7) is 5.18. The Morgan fingerprint density at radius 1 is 0.505 bits per heavy atom. The number of hydrogen-bond donors (Lipinski definition) is 2. The maximum Gasteiger partial charge on any atom is 0.509 e. The van der Waals surface area contributed by atoms with Gasteiger partial charge in [0, 0.05) is 17.0 Å². The molecule has 4 aromatic rings. The van der Waals surface area contributed by atoms with Crippen molar-refractivity contribution in [2.24, 2.45) is 0 Å². The lowest BCUT2D eigenvalue weighted by Crippen LogP contribution is -2.68. The summed E-state index contributed by atoms with van der Waals surface area (Å²) in [7, 11) is -4.45. The quantitative estimate of drug-likeness (QED) is 0.0182. The van der Waals surface area contributed by atoms with Gasteiger partial charge in [-0.3, -0.25) is 18.9 Å². The summed E-state index contributed by atoms with van der Waals surface area (Å²) < 4.78 is 97.6. The van der Waals surface area contributed by atoms with Crippen molar-refractivity contribution < 1.29 is 80.1 Å². The largest absolute Gasteiger partial charge is 0.509 e. The van der Waals surface area contributed by atoms with Crippen LogP contribution in [0.3, 0.4) is 0 Å². The number of carbonyl (C=O) groups is 5. The molecule has 2 N–H and O–H groups in total. The second kappa shape index (κ2) is 46.9. The Kier molecular flexibility index (Phi) is 39.2. The van der Waals surface area contributed by atoms with E-state index in [1.54, 1.807) is 121 Å². The minimum absolute atomic E-state index is 0.114. The SMILES string of the molecule is CCCCCCCCCCCCCC(=O)O[C@H](CCCCCCCCCCC)CC(=O)O[C@H]1[C@H](OP(=O)(c2ccccc2)c2ccccc2)[C@@H](COC(=O)OCc2ccccc2)OC(O)[C@@H]1NC(=O)C(F)(F)C(CCCCCCCCCCC)OC(=O)OCc1ccccc1. The summed E-state index contributed by atoms with van der Waals surface area (Å²) in [6, 6.07) is 31.2. The third-order valence-corrected chi connectivity index (χ3v) is 19.8. The monoisotopic (exact) mass is 1350 g/mol. The minimum Gasteiger partial charge on any atom is -0.462 e. The van der Waals surface area contributed by atoms with Crippen LogP contribution < -0.4 is 15.9 Å². The van der Waals surface area contributed by atoms with Crippen molar-refractivity contribution in [3.05, 3.63) is 132 Å². The number of benzene rings is 4. The normalized spacial score (nSPS) is 17.1. The van der Waals surface area contributed by atoms with Gasteiger partial charge in [0.25, 0.3) is 13.3 Å². The number of rotatable bonds is 50. The highest BCUT2D eigenvalue weighted by Crippen LogP contribution is 2.49. The molecule has 7 atom stereocenters. The van der Waals surface area contributed by atoms with Gasteiger partial charge in [-0.1, -0.05) is 285 Å². The lowest BCUT2D eigenvalue weighted by Gasteiger charge is -2.45. The van der Waals surface area contributed by atoms with Gasteiger partial charge in [-0.15, -0.1) is 0 Å². The molecule has 1 amide bonds. The van der Waals surface area contributed by atoms with Gasteiger partial charge in [0.05, 0.1) is 6.42 Å². The van der Waals surface area contributed by atoms with E-state index in [0.717, 1.165) is 103 Å². The fraction of sp³-hybridized carbons (Fsp3) is 0.618. The first-order valence-electron chi connectivity index (χ1n) is 35.7. The van der Waals surface area contributed by atoms with E-state index < -0.39 is 106 Å². The Bertz CT molecular complexity index is 2720. The number of unbranched alkanes of at least 4 members (excludes halogenated alkanes) is 26. The van der Waals surface area contributed by atoms with E-state index in [2.05, 4.69) is 26.1 Å². The van der Waals surface area contributed by atoms with Gasteiger partial charge in [0.2, 0.25) is 0 Å². The number of hydrogen-bond acceptors (Lipinski definition) is 15. The smallest absolute Gasteiger partial charge is 0.462 e. The number of esters is 2. The molecule has 1 aliphatic heterocycles. The lowest BCUT2D eigenvalue weighted by molar-refractivity contribution is -0.256. The van der Waals surface area contributed by atoms with E-state index in [0.29, 0.717) is 36.8 Å². The number of aliphatic hydroxyl groups excluding tert-OH is 1. The van der Waals surface area contributed by atoms with Crippen molar-refractivity contribution in [1.29, 1.82) is 0 Å². The van der Waals surface area contributed by atoms with Crippen molar-refractivity contribution in [2.45, 2.75) is 295 Å². The van der Waals surface area contributed by atoms with Gasteiger partial charge >= 0.3 is 30.2 Å². The van der Waals surface area contributed by atoms with E-state index in [9.17, 15) is 29.1 Å². The highest BCUT2D eigenvalue weighted by molar-refractivity contribution is 7.74. The summed E-state index contributed by atoms with van der Waals surface area (Å²) >= 11 is 0. The second-order valence-corrected chi connectivity index (χ2v) is 27.6. The number of carbonyl (C=O) groups excluding carboxylic acids is 5. The number of nitrogens with one attached hydrogen (secondary N) is 1. The Morgan fingerprint density at radius 2 is 0.916 bits per heavy atom. The molecule has 0 aromatic heterocycles. The molecule has 1 fully saturated rings. The molecule has 5 rings (SSSR count). The van der Waals surface area contributed by atoms with Crippen LogP contribution in [0, 0.1) is 0 Å². The number of amides is 1. The molecule has 0 bridgehead atoms. The van der Waals surface area contributed by atoms with Gasteiger partial charge in [-0.2, -0.15) is 8.78 Å². The molecular formula is C76H110F2NO15P. The molecule has 95 heavy (non-hydrogen) atoms. The summed E-state index contributed by atoms with van der Waals surface area (Å²) in [6.07, 6.45) is 13.7. The maximum absolute atomic E-state index is 17.3. The van der Waals surface area contributed by atoms with Crippen molar-refractivity contribution in [3.8, 4) is 0 Å². The zero-order valence-corrected chi connectivity index (χ0v) is 57.8. The average Bonchev–Trinajstić information content (AvgIpc) is 0.767. The predicted octanol–water partition coefficient (Wildman–Crippen LogP) is 18.0. The zero-order chi connectivity index (χ0) is 68.2. The topological polar surface area (TPSA) is 209 Å². The Hall–Kier alpha value is -6.20. The molecule has 2 unspecified atom stereocenters. The third-order valence-electron chi connectivity index (χ3n) is 17.3. The first-order chi connectivity index (χ1) is 46.2. The first kappa shape index (κ1) is 79.5. The molecule has 0 radical (unpaired) electrons. The summed E-state index contributed by atoms with van der Waals surface area (Å²) in [5, 5.41) is 14.6. The Labute approximate surface area is 564 Å². The molecule has 0 aliphatic carbocycles. The first-order valence-corrected chi connectivity index (χ1v) is 37.3. The van der Waals surface area contributed by atoms with Crippen LogP contribution in [0.15, 0.2) is 121 Å². The van der Waals surface area contributed by atoms with Crippen LogP contribution in [-0.4, -0.2) is 90.6 Å². The Balaban J connectivity index is 1.49. The molecule has 1 aliphatic rings. The van der Waals surface area contributed by atoms with Gasteiger partial charge in [-0.25, -0.2) is 9.59 Å². The molecule has 528 valence electrons. The van der Waals surface area contributed by atoms with E-state index in [-0.39, 0.29) is 43.1 Å². The fourth-order valence-electron chi connectivity index (χ4n) is 11.7. The minimum atomic E-state index is -4.55. The molecule has 1 saturated heterocycles. The van der Waals surface area contributed by atoms with Crippen molar-refractivity contribution >= 4 is 48.1 Å². The number of aliphatic hydroxyl groups is 1. The van der Waals surface area contributed by atoms with Crippen molar-refractivity contribution in [1.82, 2.24) is 5.32 Å². The molecule has 4 aromatic carbocycles. The van der Waals surface area contributed by atoms with E-state index >= 15 is 13.3 Å². The van der Waals surface area contributed by atoms with Gasteiger partial charge in [0.1, 0.15) is 44.2 Å². The second-order valence-electron chi connectivity index (χ2n) is 25.2. The van der Waals surface area contributed by atoms with Crippen molar-refractivity contribution in [2.75, 3.05) is 6.61 Å². The van der Waals surface area contributed by atoms with Gasteiger partial charge in [-0.05, 0) is 67.5 Å². The standard InChI is InChI=1S/C76H110F2NO15P/c1-4-7-10-13-16-19-20-23-26-29-44-55-67(80)90-62(49-38-27-24-21-17-14-11-8-5-2)56-68(81)93-71-69(79-73(83)76(77,78)66(54-43-28-25-22-18-15-12-9-6-3)92-75(85)88-58-61-47-36-31-37-48-61)72(82)91-65(59-89-74(84)87-57-60-45-34-30-35-46-60)70(71)94-95(86,63-50-39-32-40-51-63)64-52-41-33-42-53-64/h30-37,39-42,45-48,50-53,62,65-66,69-72,82H,4-29,38,43-44,49,54-59H2,1-3H3,(H,79,83)/t62-,65-,66?,69-,70-,71-,72?/m1/s1. The third kappa shape index (κ3) is 30.8. The van der Waals surface area contributed by atoms with Crippen molar-refractivity contribution in [3.63, 3.8) is 0 Å². The van der Waals surface area contributed by atoms with Crippen LogP contribution in [0.25, 0.3) is 0 Å². The summed E-state index contributed by atoms with van der Waals surface area (Å²) in [5.74, 6) is -8.17. The molecular weight excluding hydrogens is 1240 g/mol. The van der Waals surface area contributed by atoms with E-state index in [1.807, 2.05) is 0 Å². The van der Waals surface area contributed by atoms with E-state index in [1.165, 1.54) is 51.4 Å². The van der Waals surface area contributed by atoms with Gasteiger partial charge < -0.3 is 48.1 Å². The number of alkyl halides is 2. The zero-order valence-electron chi connectivity index (χ0n) is 56.9. The van der Waals surface area contributed by atoms with Crippen LogP contribution in [-0.2, 0) is 69.8 Å². The number of ether oxygens (including phenoxy) is 7. The molecule has 16 nitrogen and oxygen atoms in total. The summed E-state index contributed by atoms with van der Waals surface area (Å²) in [4.78, 5) is 70.1. The fourth-order valence-corrected chi connectivity index (χ4v) is 14.0. The molecule has 0 spiro atoms. The van der Waals surface area contributed by atoms with Crippen LogP contribution in [0.1, 0.15) is 244 Å². The average molecular weight is 1350 g/mol. The number of halogens is 2. The van der Waals surface area contributed by atoms with Crippen LogP contribution in [0.5, 0.6) is 0 Å². The lowest BCUT2D eigenvalue weighted by atomic mass is 9.95. The molecule has 19 heteroatoms.